The first-order valence-corrected chi connectivity index (χ1v) is 8.52. The third-order valence-electron chi connectivity index (χ3n) is 3.92. The van der Waals surface area contributed by atoms with Crippen LogP contribution in [0.4, 0.5) is 5.13 Å². The summed E-state index contributed by atoms with van der Waals surface area (Å²) in [7, 11) is 0. The average Bonchev–Trinajstić information content (AvgIpc) is 3.05. The molecule has 0 saturated heterocycles. The van der Waals surface area contributed by atoms with Crippen LogP contribution >= 0.6 is 11.3 Å². The van der Waals surface area contributed by atoms with Gasteiger partial charge < -0.3 is 4.52 Å². The highest BCUT2D eigenvalue weighted by molar-refractivity contribution is 7.14. The van der Waals surface area contributed by atoms with Crippen molar-refractivity contribution in [1.29, 1.82) is 0 Å². The van der Waals surface area contributed by atoms with Crippen molar-refractivity contribution in [2.24, 2.45) is 0 Å². The van der Waals surface area contributed by atoms with Gasteiger partial charge in [0.25, 0.3) is 5.91 Å². The van der Waals surface area contributed by atoms with E-state index in [1.807, 2.05) is 5.38 Å². The molecule has 1 aromatic carbocycles. The van der Waals surface area contributed by atoms with Gasteiger partial charge in [-0.25, -0.2) is 4.98 Å². The van der Waals surface area contributed by atoms with Crippen molar-refractivity contribution in [3.63, 3.8) is 0 Å². The first kappa shape index (κ1) is 16.4. The Kier molecular flexibility index (Phi) is 4.24. The molecule has 0 saturated carbocycles. The van der Waals surface area contributed by atoms with Gasteiger partial charge in [0.15, 0.2) is 5.13 Å². The number of nitrogens with zero attached hydrogens (tertiary/aromatic N) is 2. The van der Waals surface area contributed by atoms with Crippen LogP contribution in [0.5, 0.6) is 0 Å². The Morgan fingerprint density at radius 3 is 2.38 bits per heavy atom. The predicted molar refractivity (Wildman–Crippen MR) is 95.7 cm³/mol. The zero-order valence-corrected chi connectivity index (χ0v) is 15.2. The summed E-state index contributed by atoms with van der Waals surface area (Å²) in [5.74, 6) is 0.261. The van der Waals surface area contributed by atoms with Crippen LogP contribution in [0.25, 0.3) is 11.3 Å². The second-order valence-corrected chi connectivity index (χ2v) is 6.82. The highest BCUT2D eigenvalue weighted by atomic mass is 32.1. The van der Waals surface area contributed by atoms with Gasteiger partial charge >= 0.3 is 0 Å². The number of carbonyl (C=O) groups excluding carboxylic acids is 1. The van der Waals surface area contributed by atoms with Gasteiger partial charge in [-0.2, -0.15) is 0 Å². The van der Waals surface area contributed by atoms with Crippen LogP contribution in [0.15, 0.2) is 22.0 Å². The van der Waals surface area contributed by atoms with Crippen molar-refractivity contribution in [3.8, 4) is 11.3 Å². The standard InChI is InChI=1S/C18H19N3O2S/c1-9-6-10(2)15(11(3)7-9)14-8-24-18(19-14)20-17(22)16-12(4)21-23-13(16)5/h6-8H,1-5H3,(H,19,20,22). The van der Waals surface area contributed by atoms with Gasteiger partial charge in [0.1, 0.15) is 11.3 Å². The van der Waals surface area contributed by atoms with Crippen LogP contribution in [0, 0.1) is 34.6 Å². The molecule has 0 atom stereocenters. The van der Waals surface area contributed by atoms with E-state index in [2.05, 4.69) is 48.4 Å². The first-order valence-electron chi connectivity index (χ1n) is 7.64. The SMILES string of the molecule is Cc1cc(C)c(-c2csc(NC(=O)c3c(C)noc3C)n2)c(C)c1. The second-order valence-electron chi connectivity index (χ2n) is 5.96. The van der Waals surface area contributed by atoms with Crippen molar-refractivity contribution in [1.82, 2.24) is 10.1 Å². The summed E-state index contributed by atoms with van der Waals surface area (Å²) in [6, 6.07) is 4.29. The van der Waals surface area contributed by atoms with Crippen LogP contribution in [0.3, 0.4) is 0 Å². The van der Waals surface area contributed by atoms with E-state index in [1.54, 1.807) is 13.8 Å². The Hall–Kier alpha value is -2.47. The molecule has 5 nitrogen and oxygen atoms in total. The Labute approximate surface area is 144 Å². The van der Waals surface area contributed by atoms with Crippen molar-refractivity contribution < 1.29 is 9.32 Å². The molecule has 24 heavy (non-hydrogen) atoms. The van der Waals surface area contributed by atoms with Crippen LogP contribution in [0.1, 0.15) is 38.5 Å². The fourth-order valence-electron chi connectivity index (χ4n) is 3.00. The number of thiazole rings is 1. The number of rotatable bonds is 3. The summed E-state index contributed by atoms with van der Waals surface area (Å²) < 4.78 is 5.04. The summed E-state index contributed by atoms with van der Waals surface area (Å²) >= 11 is 1.41. The summed E-state index contributed by atoms with van der Waals surface area (Å²) in [4.78, 5) is 17.0. The molecule has 0 unspecified atom stereocenters. The van der Waals surface area contributed by atoms with Crippen LogP contribution in [0.2, 0.25) is 0 Å². The molecule has 124 valence electrons. The average molecular weight is 341 g/mol. The molecule has 2 heterocycles. The van der Waals surface area contributed by atoms with E-state index in [0.717, 1.165) is 11.3 Å². The van der Waals surface area contributed by atoms with E-state index >= 15 is 0 Å². The molecule has 0 aliphatic heterocycles. The number of carbonyl (C=O) groups is 1. The fourth-order valence-corrected chi connectivity index (χ4v) is 3.69. The van der Waals surface area contributed by atoms with Gasteiger partial charge in [-0.3, -0.25) is 10.1 Å². The predicted octanol–water partition coefficient (Wildman–Crippen LogP) is 4.59. The minimum Gasteiger partial charge on any atom is -0.361 e. The maximum absolute atomic E-state index is 12.4. The number of hydrogen-bond donors (Lipinski definition) is 1. The Balaban J connectivity index is 1.88. The zero-order valence-electron chi connectivity index (χ0n) is 14.4. The Bertz CT molecular complexity index is 882. The summed E-state index contributed by atoms with van der Waals surface area (Å²) in [5, 5.41) is 9.18. The molecular weight excluding hydrogens is 322 g/mol. The minimum absolute atomic E-state index is 0.246. The maximum Gasteiger partial charge on any atom is 0.262 e. The highest BCUT2D eigenvalue weighted by Crippen LogP contribution is 2.31. The van der Waals surface area contributed by atoms with Gasteiger partial charge in [-0.05, 0) is 45.7 Å². The van der Waals surface area contributed by atoms with E-state index in [9.17, 15) is 4.79 Å². The minimum atomic E-state index is -0.246. The quantitative estimate of drug-likeness (QED) is 0.756. The molecule has 3 rings (SSSR count). The third-order valence-corrected chi connectivity index (χ3v) is 4.68. The van der Waals surface area contributed by atoms with E-state index in [4.69, 9.17) is 4.52 Å². The van der Waals surface area contributed by atoms with Gasteiger partial charge in [0.05, 0.1) is 11.4 Å². The van der Waals surface area contributed by atoms with E-state index in [0.29, 0.717) is 22.1 Å². The Morgan fingerprint density at radius 2 is 1.79 bits per heavy atom. The highest BCUT2D eigenvalue weighted by Gasteiger charge is 2.19. The molecule has 0 radical (unpaired) electrons. The van der Waals surface area contributed by atoms with Crippen molar-refractivity contribution >= 4 is 22.4 Å². The number of aryl methyl sites for hydroxylation is 5. The third kappa shape index (κ3) is 2.97. The van der Waals surface area contributed by atoms with E-state index in [1.165, 1.54) is 28.0 Å². The molecule has 0 fully saturated rings. The number of anilines is 1. The van der Waals surface area contributed by atoms with Crippen molar-refractivity contribution in [3.05, 3.63) is 51.2 Å². The molecule has 3 aromatic rings. The Morgan fingerprint density at radius 1 is 1.12 bits per heavy atom. The number of amides is 1. The van der Waals surface area contributed by atoms with Crippen molar-refractivity contribution in [2.75, 3.05) is 5.32 Å². The van der Waals surface area contributed by atoms with Gasteiger partial charge in [-0.15, -0.1) is 11.3 Å². The largest absolute Gasteiger partial charge is 0.361 e. The molecule has 1 N–H and O–H groups in total. The number of aromatic nitrogens is 2. The van der Waals surface area contributed by atoms with Crippen LogP contribution in [-0.4, -0.2) is 16.0 Å². The molecule has 0 spiro atoms. The van der Waals surface area contributed by atoms with Gasteiger partial charge in [0.2, 0.25) is 0 Å². The molecule has 0 aliphatic rings. The van der Waals surface area contributed by atoms with Crippen LogP contribution in [-0.2, 0) is 0 Å². The molecule has 0 bridgehead atoms. The molecular formula is C18H19N3O2S. The molecule has 6 heteroatoms. The van der Waals surface area contributed by atoms with Crippen LogP contribution < -0.4 is 5.32 Å². The number of hydrogen-bond acceptors (Lipinski definition) is 5. The maximum atomic E-state index is 12.4. The lowest BCUT2D eigenvalue weighted by Gasteiger charge is -2.08. The lowest BCUT2D eigenvalue weighted by molar-refractivity contribution is 0.102. The second kappa shape index (κ2) is 6.20. The summed E-state index contributed by atoms with van der Waals surface area (Å²) in [6.45, 7) is 9.71. The first-order chi connectivity index (χ1) is 11.4. The fraction of sp³-hybridized carbons (Fsp3) is 0.278. The molecule has 2 aromatic heterocycles. The van der Waals surface area contributed by atoms with E-state index in [-0.39, 0.29) is 5.91 Å². The normalized spacial score (nSPS) is 10.9. The van der Waals surface area contributed by atoms with Crippen molar-refractivity contribution in [2.45, 2.75) is 34.6 Å². The lowest BCUT2D eigenvalue weighted by atomic mass is 9.98. The number of benzene rings is 1. The zero-order chi connectivity index (χ0) is 17.4. The lowest BCUT2D eigenvalue weighted by Crippen LogP contribution is -2.13. The summed E-state index contributed by atoms with van der Waals surface area (Å²) in [5.41, 5.74) is 6.64. The number of nitrogens with one attached hydrogen (secondary N) is 1. The topological polar surface area (TPSA) is 68.0 Å². The smallest absolute Gasteiger partial charge is 0.262 e. The van der Waals surface area contributed by atoms with E-state index < -0.39 is 0 Å². The van der Waals surface area contributed by atoms with Gasteiger partial charge in [0, 0.05) is 10.9 Å². The monoisotopic (exact) mass is 341 g/mol. The molecule has 0 aliphatic carbocycles. The van der Waals surface area contributed by atoms with Gasteiger partial charge in [-0.1, -0.05) is 22.9 Å². The molecule has 1 amide bonds. The summed E-state index contributed by atoms with van der Waals surface area (Å²) in [6.07, 6.45) is 0.